The first-order valence-corrected chi connectivity index (χ1v) is 4.46. The Morgan fingerprint density at radius 3 is 2.75 bits per heavy atom. The van der Waals surface area contributed by atoms with Crippen molar-refractivity contribution in [3.63, 3.8) is 0 Å². The van der Waals surface area contributed by atoms with Crippen LogP contribution < -0.4 is 0 Å². The Bertz CT molecular complexity index is 179. The second-order valence-electron chi connectivity index (χ2n) is 3.40. The maximum Gasteiger partial charge on any atom is 0.336 e. The van der Waals surface area contributed by atoms with Gasteiger partial charge in [0.15, 0.2) is 5.60 Å². The molecule has 0 radical (unpaired) electrons. The summed E-state index contributed by atoms with van der Waals surface area (Å²) < 4.78 is 5.16. The molecule has 3 heteroatoms. The van der Waals surface area contributed by atoms with Gasteiger partial charge in [-0.15, -0.1) is 0 Å². The summed E-state index contributed by atoms with van der Waals surface area (Å²) >= 11 is 0. The molecule has 1 fully saturated rings. The second kappa shape index (κ2) is 3.44. The lowest BCUT2D eigenvalue weighted by atomic mass is 9.88. The van der Waals surface area contributed by atoms with Gasteiger partial charge in [-0.2, -0.15) is 0 Å². The van der Waals surface area contributed by atoms with Crippen molar-refractivity contribution in [3.8, 4) is 0 Å². The van der Waals surface area contributed by atoms with E-state index in [0.29, 0.717) is 6.42 Å². The Morgan fingerprint density at radius 1 is 1.75 bits per heavy atom. The molecule has 0 heterocycles. The van der Waals surface area contributed by atoms with Crippen molar-refractivity contribution in [2.24, 2.45) is 5.92 Å². The molecule has 1 aliphatic carbocycles. The minimum atomic E-state index is -0.880. The van der Waals surface area contributed by atoms with E-state index in [9.17, 15) is 4.79 Å². The van der Waals surface area contributed by atoms with E-state index >= 15 is 0 Å². The van der Waals surface area contributed by atoms with Crippen LogP contribution in [0.4, 0.5) is 0 Å². The third-order valence-corrected chi connectivity index (χ3v) is 2.98. The molecule has 70 valence electrons. The summed E-state index contributed by atoms with van der Waals surface area (Å²) in [6.45, 7) is 2.02. The molecule has 0 bridgehead atoms. The summed E-state index contributed by atoms with van der Waals surface area (Å²) in [4.78, 5) is 11.0. The number of methoxy groups -OCH3 is 1. The summed E-state index contributed by atoms with van der Waals surface area (Å²) in [5.74, 6) is -0.602. The summed E-state index contributed by atoms with van der Waals surface area (Å²) in [6.07, 6.45) is 3.51. The van der Waals surface area contributed by atoms with Gasteiger partial charge in [0.05, 0.1) is 0 Å². The van der Waals surface area contributed by atoms with Gasteiger partial charge in [0.1, 0.15) is 0 Å². The standard InChI is InChI=1S/C9H16O3/c1-3-7-5-4-6-9(7,12-2)8(10)11/h7H,3-6H2,1-2H3,(H,10,11). The zero-order valence-corrected chi connectivity index (χ0v) is 7.67. The van der Waals surface area contributed by atoms with Crippen LogP contribution in [-0.4, -0.2) is 23.8 Å². The molecule has 1 aliphatic rings. The van der Waals surface area contributed by atoms with Gasteiger partial charge in [-0.25, -0.2) is 4.79 Å². The highest BCUT2D eigenvalue weighted by molar-refractivity contribution is 5.78. The summed E-state index contributed by atoms with van der Waals surface area (Å²) in [6, 6.07) is 0. The van der Waals surface area contributed by atoms with Crippen molar-refractivity contribution in [2.45, 2.75) is 38.2 Å². The summed E-state index contributed by atoms with van der Waals surface area (Å²) in [5.41, 5.74) is -0.880. The van der Waals surface area contributed by atoms with E-state index in [-0.39, 0.29) is 5.92 Å². The maximum absolute atomic E-state index is 11.0. The topological polar surface area (TPSA) is 46.5 Å². The molecule has 2 atom stereocenters. The van der Waals surface area contributed by atoms with Crippen LogP contribution in [0.2, 0.25) is 0 Å². The monoisotopic (exact) mass is 172 g/mol. The van der Waals surface area contributed by atoms with Gasteiger partial charge in [-0.3, -0.25) is 0 Å². The van der Waals surface area contributed by atoms with E-state index in [2.05, 4.69) is 0 Å². The molecular weight excluding hydrogens is 156 g/mol. The van der Waals surface area contributed by atoms with Crippen molar-refractivity contribution in [3.05, 3.63) is 0 Å². The van der Waals surface area contributed by atoms with Crippen LogP contribution in [0.1, 0.15) is 32.6 Å². The number of carbonyl (C=O) groups is 1. The molecule has 2 unspecified atom stereocenters. The number of rotatable bonds is 3. The molecule has 0 aromatic heterocycles. The Labute approximate surface area is 72.7 Å². The van der Waals surface area contributed by atoms with E-state index in [0.717, 1.165) is 19.3 Å². The quantitative estimate of drug-likeness (QED) is 0.704. The van der Waals surface area contributed by atoms with Crippen LogP contribution >= 0.6 is 0 Å². The van der Waals surface area contributed by atoms with Crippen molar-refractivity contribution in [1.29, 1.82) is 0 Å². The molecule has 1 N–H and O–H groups in total. The molecule has 0 aromatic carbocycles. The largest absolute Gasteiger partial charge is 0.479 e. The lowest BCUT2D eigenvalue weighted by Gasteiger charge is -2.28. The number of carboxylic acid groups (broad SMARTS) is 1. The van der Waals surface area contributed by atoms with Crippen LogP contribution in [0.5, 0.6) is 0 Å². The average molecular weight is 172 g/mol. The Balaban J connectivity index is 2.83. The highest BCUT2D eigenvalue weighted by atomic mass is 16.5. The van der Waals surface area contributed by atoms with Gasteiger partial charge in [0.2, 0.25) is 0 Å². The normalized spacial score (nSPS) is 35.3. The van der Waals surface area contributed by atoms with Crippen molar-refractivity contribution in [1.82, 2.24) is 0 Å². The molecule has 0 spiro atoms. The number of carboxylic acids is 1. The van der Waals surface area contributed by atoms with E-state index in [4.69, 9.17) is 9.84 Å². The zero-order chi connectivity index (χ0) is 9.19. The fourth-order valence-corrected chi connectivity index (χ4v) is 2.22. The minimum Gasteiger partial charge on any atom is -0.479 e. The molecule has 0 saturated heterocycles. The van der Waals surface area contributed by atoms with Gasteiger partial charge < -0.3 is 9.84 Å². The molecule has 1 rings (SSSR count). The number of ether oxygens (including phenoxy) is 1. The third-order valence-electron chi connectivity index (χ3n) is 2.98. The van der Waals surface area contributed by atoms with Gasteiger partial charge in [0.25, 0.3) is 0 Å². The van der Waals surface area contributed by atoms with Crippen molar-refractivity contribution < 1.29 is 14.6 Å². The first-order valence-electron chi connectivity index (χ1n) is 4.46. The fraction of sp³-hybridized carbons (Fsp3) is 0.889. The van der Waals surface area contributed by atoms with E-state index in [1.807, 2.05) is 6.92 Å². The van der Waals surface area contributed by atoms with Crippen LogP contribution in [0.15, 0.2) is 0 Å². The van der Waals surface area contributed by atoms with E-state index in [1.165, 1.54) is 7.11 Å². The molecule has 0 amide bonds. The van der Waals surface area contributed by atoms with Gasteiger partial charge >= 0.3 is 5.97 Å². The van der Waals surface area contributed by atoms with Crippen LogP contribution in [0.3, 0.4) is 0 Å². The molecule has 1 saturated carbocycles. The Kier molecular flexibility index (Phi) is 2.73. The predicted octanol–water partition coefficient (Wildman–Crippen LogP) is 1.67. The molecule has 3 nitrogen and oxygen atoms in total. The minimum absolute atomic E-state index is 0.194. The number of hydrogen-bond acceptors (Lipinski definition) is 2. The molecule has 0 aliphatic heterocycles. The first kappa shape index (κ1) is 9.52. The van der Waals surface area contributed by atoms with Crippen LogP contribution in [-0.2, 0) is 9.53 Å². The lowest BCUT2D eigenvalue weighted by molar-refractivity contribution is -0.167. The predicted molar refractivity (Wildman–Crippen MR) is 45.0 cm³/mol. The number of aliphatic carboxylic acids is 1. The Hall–Kier alpha value is -0.570. The SMILES string of the molecule is CCC1CCCC1(OC)C(=O)O. The van der Waals surface area contributed by atoms with E-state index in [1.54, 1.807) is 0 Å². The first-order chi connectivity index (χ1) is 5.67. The van der Waals surface area contributed by atoms with Crippen LogP contribution in [0.25, 0.3) is 0 Å². The van der Waals surface area contributed by atoms with Crippen LogP contribution in [0, 0.1) is 5.92 Å². The Morgan fingerprint density at radius 2 is 2.42 bits per heavy atom. The highest BCUT2D eigenvalue weighted by Crippen LogP contribution is 2.40. The van der Waals surface area contributed by atoms with Crippen molar-refractivity contribution >= 4 is 5.97 Å². The smallest absolute Gasteiger partial charge is 0.336 e. The van der Waals surface area contributed by atoms with E-state index < -0.39 is 11.6 Å². The highest BCUT2D eigenvalue weighted by Gasteiger charge is 2.48. The van der Waals surface area contributed by atoms with Gasteiger partial charge in [-0.05, 0) is 31.6 Å². The van der Waals surface area contributed by atoms with Crippen molar-refractivity contribution in [2.75, 3.05) is 7.11 Å². The van der Waals surface area contributed by atoms with Gasteiger partial charge in [-0.1, -0.05) is 6.92 Å². The molecule has 0 aromatic rings. The second-order valence-corrected chi connectivity index (χ2v) is 3.40. The molecular formula is C9H16O3. The summed E-state index contributed by atoms with van der Waals surface area (Å²) in [5, 5.41) is 9.04. The maximum atomic E-state index is 11.0. The number of hydrogen-bond donors (Lipinski definition) is 1. The fourth-order valence-electron chi connectivity index (χ4n) is 2.22. The zero-order valence-electron chi connectivity index (χ0n) is 7.67. The summed E-state index contributed by atoms with van der Waals surface area (Å²) in [7, 11) is 1.50. The lowest BCUT2D eigenvalue weighted by Crippen LogP contribution is -2.43. The third kappa shape index (κ3) is 1.22. The average Bonchev–Trinajstić information content (AvgIpc) is 2.47. The van der Waals surface area contributed by atoms with Gasteiger partial charge in [0, 0.05) is 7.11 Å². The molecule has 12 heavy (non-hydrogen) atoms.